The molecule has 4 rings (SSSR count). The smallest absolute Gasteiger partial charge is 0.337 e. The van der Waals surface area contributed by atoms with Crippen molar-refractivity contribution in [3.63, 3.8) is 0 Å². The summed E-state index contributed by atoms with van der Waals surface area (Å²) in [7, 11) is 0. The number of carboxylic acids is 1. The Morgan fingerprint density at radius 2 is 1.54 bits per heavy atom. The summed E-state index contributed by atoms with van der Waals surface area (Å²) in [6.07, 6.45) is 4.87. The van der Waals surface area contributed by atoms with Crippen LogP contribution in [0.2, 0.25) is 30.1 Å². The number of phenolic OH excluding ortho intramolecular Hbond substituents is 1. The molecular formula is C28H21Cl6NO6. The number of rotatable bonds is 9. The van der Waals surface area contributed by atoms with E-state index in [0.717, 1.165) is 32.1 Å². The minimum Gasteiger partial charge on any atom is -0.505 e. The fraction of sp³-hybridized carbons (Fsp3) is 0.250. The van der Waals surface area contributed by atoms with Gasteiger partial charge in [-0.1, -0.05) is 102 Å². The molecule has 7 nitrogen and oxygen atoms in total. The van der Waals surface area contributed by atoms with Gasteiger partial charge in [-0.15, -0.1) is 0 Å². The van der Waals surface area contributed by atoms with Gasteiger partial charge >= 0.3 is 5.97 Å². The van der Waals surface area contributed by atoms with E-state index >= 15 is 0 Å². The highest BCUT2D eigenvalue weighted by molar-refractivity contribution is 6.44. The normalized spacial score (nSPS) is 11.4. The fourth-order valence-corrected chi connectivity index (χ4v) is 6.13. The van der Waals surface area contributed by atoms with E-state index in [0.29, 0.717) is 6.54 Å². The summed E-state index contributed by atoms with van der Waals surface area (Å²) in [5, 5.41) is 21.6. The van der Waals surface area contributed by atoms with Gasteiger partial charge in [-0.25, -0.2) is 4.79 Å². The van der Waals surface area contributed by atoms with Crippen LogP contribution < -0.4 is 10.7 Å². The fourth-order valence-electron chi connectivity index (χ4n) is 4.52. The van der Waals surface area contributed by atoms with Crippen molar-refractivity contribution in [3.05, 3.63) is 69.7 Å². The van der Waals surface area contributed by atoms with Gasteiger partial charge in [0.15, 0.2) is 17.1 Å². The molecular weight excluding hydrogens is 659 g/mol. The molecule has 1 amide bonds. The number of phenols is 1. The standard InChI is InChI=1S/C28H21Cl6NO6/c1-2-3-4-5-6-7-35-27(38)13-10-14(29)18(28(39)40)19(20(13)32)17-11-8-15(30)23(36)21(33)25(11)41-26-12(17)9-16(31)24(37)22(26)34/h8-10,36H,2-7H2,1H3,(H,35,38)(H,39,40). The Kier molecular flexibility index (Phi) is 9.89. The molecule has 2 aliphatic rings. The molecule has 0 spiro atoms. The number of nitrogens with one attached hydrogen (secondary N) is 1. The molecule has 0 fully saturated rings. The Morgan fingerprint density at radius 3 is 2.20 bits per heavy atom. The maximum Gasteiger partial charge on any atom is 0.337 e. The molecule has 1 aliphatic carbocycles. The van der Waals surface area contributed by atoms with Gasteiger partial charge in [0.1, 0.15) is 10.0 Å². The Bertz CT molecular complexity index is 1730. The monoisotopic (exact) mass is 677 g/mol. The van der Waals surface area contributed by atoms with Crippen molar-refractivity contribution < 1.29 is 24.2 Å². The molecule has 0 unspecified atom stereocenters. The Hall–Kier alpha value is -2.39. The molecule has 1 aliphatic heterocycles. The molecule has 41 heavy (non-hydrogen) atoms. The van der Waals surface area contributed by atoms with E-state index in [2.05, 4.69) is 12.2 Å². The number of carboxylic acid groups (broad SMARTS) is 1. The SMILES string of the molecule is CCCCCCCNC(=O)c1cc(Cl)c(C(=O)O)c(-c2c3cc(Cl)c(=O)c(Cl)c-3oc3c(Cl)c(O)c(Cl)cc23)c1Cl. The maximum atomic E-state index is 13.2. The summed E-state index contributed by atoms with van der Waals surface area (Å²) in [5.41, 5.74) is -1.65. The third-order valence-corrected chi connectivity index (χ3v) is 8.47. The summed E-state index contributed by atoms with van der Waals surface area (Å²) >= 11 is 38.3. The molecule has 2 aromatic carbocycles. The van der Waals surface area contributed by atoms with Gasteiger partial charge < -0.3 is 19.9 Å². The first-order valence-corrected chi connectivity index (χ1v) is 14.7. The van der Waals surface area contributed by atoms with Gasteiger partial charge in [0.25, 0.3) is 5.91 Å². The summed E-state index contributed by atoms with van der Waals surface area (Å²) in [6.45, 7) is 2.47. The van der Waals surface area contributed by atoms with Crippen LogP contribution in [0.5, 0.6) is 5.75 Å². The van der Waals surface area contributed by atoms with Gasteiger partial charge in [-0.3, -0.25) is 9.59 Å². The third-order valence-electron chi connectivity index (χ3n) is 6.51. The largest absolute Gasteiger partial charge is 0.505 e. The number of fused-ring (bicyclic) bond motifs is 2. The summed E-state index contributed by atoms with van der Waals surface area (Å²) in [5.74, 6) is -2.80. The molecule has 1 heterocycles. The molecule has 0 bridgehead atoms. The van der Waals surface area contributed by atoms with Gasteiger partial charge in [0.2, 0.25) is 5.43 Å². The van der Waals surface area contributed by atoms with Crippen LogP contribution in [0.1, 0.15) is 59.7 Å². The lowest BCUT2D eigenvalue weighted by molar-refractivity contribution is 0.0697. The highest BCUT2D eigenvalue weighted by Crippen LogP contribution is 2.51. The maximum absolute atomic E-state index is 13.2. The van der Waals surface area contributed by atoms with E-state index in [1.54, 1.807) is 0 Å². The van der Waals surface area contributed by atoms with Crippen molar-refractivity contribution in [3.8, 4) is 28.2 Å². The second-order valence-corrected chi connectivity index (χ2v) is 11.6. The quantitative estimate of drug-likeness (QED) is 0.120. The minimum absolute atomic E-state index is 0.00682. The first-order valence-electron chi connectivity index (χ1n) is 12.4. The van der Waals surface area contributed by atoms with Crippen LogP contribution in [0.15, 0.2) is 27.4 Å². The molecule has 216 valence electrons. The van der Waals surface area contributed by atoms with Crippen LogP contribution >= 0.6 is 69.6 Å². The van der Waals surface area contributed by atoms with Crippen molar-refractivity contribution in [1.29, 1.82) is 0 Å². The average Bonchev–Trinajstić information content (AvgIpc) is 2.92. The number of aromatic hydroxyl groups is 1. The van der Waals surface area contributed by atoms with E-state index < -0.39 is 33.6 Å². The number of aromatic carboxylic acids is 1. The van der Waals surface area contributed by atoms with Crippen LogP contribution in [0.25, 0.3) is 33.4 Å². The van der Waals surface area contributed by atoms with E-state index in [1.807, 2.05) is 0 Å². The minimum atomic E-state index is -1.47. The number of unbranched alkanes of at least 4 members (excludes halogenated alkanes) is 4. The van der Waals surface area contributed by atoms with Crippen LogP contribution in [0.4, 0.5) is 0 Å². The van der Waals surface area contributed by atoms with Crippen LogP contribution in [0, 0.1) is 0 Å². The van der Waals surface area contributed by atoms with E-state index in [-0.39, 0.29) is 64.1 Å². The number of carbonyl (C=O) groups excluding carboxylic acids is 1. The molecule has 0 atom stereocenters. The first-order chi connectivity index (χ1) is 19.4. The number of hydrogen-bond acceptors (Lipinski definition) is 5. The van der Waals surface area contributed by atoms with E-state index in [1.165, 1.54) is 18.2 Å². The zero-order valence-corrected chi connectivity index (χ0v) is 25.8. The van der Waals surface area contributed by atoms with Crippen molar-refractivity contribution >= 4 is 92.5 Å². The van der Waals surface area contributed by atoms with Crippen molar-refractivity contribution in [2.45, 2.75) is 39.0 Å². The van der Waals surface area contributed by atoms with Gasteiger partial charge in [0, 0.05) is 28.6 Å². The summed E-state index contributed by atoms with van der Waals surface area (Å²) in [6, 6.07) is 3.65. The molecule has 0 saturated carbocycles. The van der Waals surface area contributed by atoms with Crippen LogP contribution in [0.3, 0.4) is 0 Å². The molecule has 0 radical (unpaired) electrons. The first kappa shape index (κ1) is 31.5. The second-order valence-electron chi connectivity index (χ2n) is 9.20. The number of benzene rings is 3. The molecule has 3 N–H and O–H groups in total. The predicted molar refractivity (Wildman–Crippen MR) is 164 cm³/mol. The Balaban J connectivity index is 2.06. The number of halogens is 6. The average molecular weight is 680 g/mol. The summed E-state index contributed by atoms with van der Waals surface area (Å²) < 4.78 is 5.84. The Morgan fingerprint density at radius 1 is 0.854 bits per heavy atom. The lowest BCUT2D eigenvalue weighted by Crippen LogP contribution is -2.25. The van der Waals surface area contributed by atoms with E-state index in [9.17, 15) is 24.6 Å². The number of amides is 1. The third kappa shape index (κ3) is 5.94. The topological polar surface area (TPSA) is 117 Å². The molecule has 0 saturated heterocycles. The Labute approximate surface area is 264 Å². The molecule has 2 aromatic rings. The lowest BCUT2D eigenvalue weighted by Gasteiger charge is -2.21. The summed E-state index contributed by atoms with van der Waals surface area (Å²) in [4.78, 5) is 38.3. The van der Waals surface area contributed by atoms with Gasteiger partial charge in [0.05, 0.1) is 31.2 Å². The van der Waals surface area contributed by atoms with Crippen LogP contribution in [-0.2, 0) is 0 Å². The molecule has 0 aromatic heterocycles. The van der Waals surface area contributed by atoms with Crippen molar-refractivity contribution in [2.75, 3.05) is 6.54 Å². The van der Waals surface area contributed by atoms with Gasteiger partial charge in [-0.05, 0) is 24.6 Å². The second kappa shape index (κ2) is 12.9. The lowest BCUT2D eigenvalue weighted by atomic mass is 9.89. The van der Waals surface area contributed by atoms with Crippen molar-refractivity contribution in [1.82, 2.24) is 5.32 Å². The number of hydrogen-bond donors (Lipinski definition) is 3. The highest BCUT2D eigenvalue weighted by atomic mass is 35.5. The molecule has 13 heteroatoms. The number of carbonyl (C=O) groups is 2. The van der Waals surface area contributed by atoms with E-state index in [4.69, 9.17) is 74.0 Å². The zero-order chi connectivity index (χ0) is 30.2. The van der Waals surface area contributed by atoms with Gasteiger partial charge in [-0.2, -0.15) is 0 Å². The predicted octanol–water partition coefficient (Wildman–Crippen LogP) is 9.59. The zero-order valence-electron chi connectivity index (χ0n) is 21.3. The van der Waals surface area contributed by atoms with Crippen molar-refractivity contribution in [2.24, 2.45) is 0 Å². The highest BCUT2D eigenvalue weighted by Gasteiger charge is 2.32. The van der Waals surface area contributed by atoms with Crippen LogP contribution in [-0.4, -0.2) is 28.6 Å².